The molecule has 0 N–H and O–H groups in total. The molecule has 11 rings (SSSR count). The van der Waals surface area contributed by atoms with Gasteiger partial charge < -0.3 is 8.83 Å². The molecule has 0 bridgehead atoms. The van der Waals surface area contributed by atoms with E-state index >= 15 is 0 Å². The third kappa shape index (κ3) is 3.95. The first-order valence-corrected chi connectivity index (χ1v) is 18.3. The summed E-state index contributed by atoms with van der Waals surface area (Å²) in [5, 5.41) is 8.70. The Morgan fingerprint density at radius 2 is 0.857 bits per heavy atom. The normalized spacial score (nSPS) is 12.3. The second kappa shape index (κ2) is 10.2. The number of aromatic nitrogens is 2. The zero-order valence-electron chi connectivity index (χ0n) is 25.4. The molecule has 49 heavy (non-hydrogen) atoms. The molecule has 7 heteroatoms. The molecule has 230 valence electrons. The van der Waals surface area contributed by atoms with E-state index in [-0.39, 0.29) is 0 Å². The lowest BCUT2D eigenvalue weighted by Crippen LogP contribution is -1.92. The minimum Gasteiger partial charge on any atom is -0.455 e. The highest BCUT2D eigenvalue weighted by atomic mass is 79.9. The van der Waals surface area contributed by atoms with Crippen LogP contribution in [0.15, 0.2) is 139 Å². The van der Waals surface area contributed by atoms with Crippen molar-refractivity contribution in [3.8, 4) is 20.9 Å². The number of hydrogen-bond donors (Lipinski definition) is 0. The van der Waals surface area contributed by atoms with Gasteiger partial charge in [-0.2, -0.15) is 0 Å². The standard InChI is InChI=1S/C42H20Br2N2O2S/c43-21-15-17-25-31(19-21)32-20-22(44)16-18-26(32)36-35(25)45-37-38(46-36)42(30-12-6-10-28-24-8-2-4-14-34(24)48-40(28)30)49-41(37)29-11-5-9-27-23-7-1-3-13-33(23)47-39(27)29/h1-20H. The Bertz CT molecular complexity index is 3000. The summed E-state index contributed by atoms with van der Waals surface area (Å²) in [7, 11) is 0. The van der Waals surface area contributed by atoms with Crippen LogP contribution >= 0.6 is 43.2 Å². The number of halogens is 2. The third-order valence-electron chi connectivity index (χ3n) is 9.59. The summed E-state index contributed by atoms with van der Waals surface area (Å²) in [6.45, 7) is 0. The summed E-state index contributed by atoms with van der Waals surface area (Å²) < 4.78 is 15.2. The number of rotatable bonds is 2. The van der Waals surface area contributed by atoms with Crippen LogP contribution in [0, 0.1) is 0 Å². The van der Waals surface area contributed by atoms with Crippen molar-refractivity contribution in [3.05, 3.63) is 130 Å². The SMILES string of the molecule is Brc1ccc2c(c1)c1cc(Br)ccc1c1nc3c(-c4cccc5c4oc4ccccc45)sc(-c4cccc5c4oc4ccccc45)c3nc21. The van der Waals surface area contributed by atoms with Crippen LogP contribution in [0.5, 0.6) is 0 Å². The summed E-state index contributed by atoms with van der Waals surface area (Å²) in [4.78, 5) is 13.2. The molecule has 7 aromatic carbocycles. The van der Waals surface area contributed by atoms with Crippen LogP contribution < -0.4 is 0 Å². The summed E-state index contributed by atoms with van der Waals surface area (Å²) in [6.07, 6.45) is 0. The lowest BCUT2D eigenvalue weighted by atomic mass is 9.99. The molecule has 11 aromatic rings. The fraction of sp³-hybridized carbons (Fsp3) is 0. The lowest BCUT2D eigenvalue weighted by molar-refractivity contribution is 0.670. The molecule has 0 amide bonds. The molecule has 0 aliphatic rings. The van der Waals surface area contributed by atoms with Crippen molar-refractivity contribution in [2.45, 2.75) is 0 Å². The molecule has 0 aliphatic heterocycles. The molecule has 0 atom stereocenters. The minimum absolute atomic E-state index is 0.842. The van der Waals surface area contributed by atoms with Crippen molar-refractivity contribution in [2.75, 3.05) is 0 Å². The molecular formula is C42H20Br2N2O2S. The van der Waals surface area contributed by atoms with Gasteiger partial charge >= 0.3 is 0 Å². The Hall–Kier alpha value is -5.08. The molecule has 0 saturated heterocycles. The number of thiophene rings is 1. The predicted octanol–water partition coefficient (Wildman–Crippen LogP) is 13.8. The van der Waals surface area contributed by atoms with E-state index in [1.54, 1.807) is 11.3 Å². The maximum Gasteiger partial charge on any atom is 0.144 e. The average Bonchev–Trinajstić information content (AvgIpc) is 3.82. The summed E-state index contributed by atoms with van der Waals surface area (Å²) in [6, 6.07) is 42.0. The van der Waals surface area contributed by atoms with E-state index in [1.807, 2.05) is 24.3 Å². The van der Waals surface area contributed by atoms with Crippen LogP contribution in [0.4, 0.5) is 0 Å². The minimum atomic E-state index is 0.842. The molecule has 0 radical (unpaired) electrons. The van der Waals surface area contributed by atoms with Crippen molar-refractivity contribution in [1.82, 2.24) is 9.97 Å². The van der Waals surface area contributed by atoms with Crippen molar-refractivity contribution in [2.24, 2.45) is 0 Å². The Morgan fingerprint density at radius 1 is 0.408 bits per heavy atom. The van der Waals surface area contributed by atoms with Crippen LogP contribution in [0.1, 0.15) is 0 Å². The van der Waals surface area contributed by atoms with E-state index < -0.39 is 0 Å². The number of benzene rings is 7. The van der Waals surface area contributed by atoms with E-state index in [0.29, 0.717) is 0 Å². The lowest BCUT2D eigenvalue weighted by Gasteiger charge is -2.11. The number of fused-ring (bicyclic) bond motifs is 13. The van der Waals surface area contributed by atoms with E-state index in [4.69, 9.17) is 18.8 Å². The Labute approximate surface area is 298 Å². The van der Waals surface area contributed by atoms with Crippen LogP contribution in [-0.4, -0.2) is 9.97 Å². The number of nitrogens with zero attached hydrogens (tertiary/aromatic N) is 2. The van der Waals surface area contributed by atoms with Gasteiger partial charge in [0.1, 0.15) is 33.4 Å². The summed E-state index contributed by atoms with van der Waals surface area (Å²) >= 11 is 9.13. The molecule has 0 aliphatic carbocycles. The first kappa shape index (κ1) is 27.8. The van der Waals surface area contributed by atoms with Crippen LogP contribution in [-0.2, 0) is 0 Å². The van der Waals surface area contributed by atoms with E-state index in [2.05, 4.69) is 129 Å². The summed E-state index contributed by atoms with van der Waals surface area (Å²) in [5.41, 5.74) is 8.84. The van der Waals surface area contributed by atoms with Gasteiger partial charge in [0.25, 0.3) is 0 Å². The highest BCUT2D eigenvalue weighted by Gasteiger charge is 2.25. The Morgan fingerprint density at radius 3 is 1.35 bits per heavy atom. The topological polar surface area (TPSA) is 52.1 Å². The van der Waals surface area contributed by atoms with Gasteiger partial charge in [-0.05, 0) is 59.3 Å². The van der Waals surface area contributed by atoms with Crippen LogP contribution in [0.2, 0.25) is 0 Å². The van der Waals surface area contributed by atoms with Gasteiger partial charge in [-0.3, -0.25) is 0 Å². The molecule has 0 fully saturated rings. The largest absolute Gasteiger partial charge is 0.455 e. The van der Waals surface area contributed by atoms with Gasteiger partial charge in [0, 0.05) is 52.4 Å². The molecule has 0 spiro atoms. The molecule has 4 nitrogen and oxygen atoms in total. The van der Waals surface area contributed by atoms with E-state index in [9.17, 15) is 0 Å². The monoisotopic (exact) mass is 774 g/mol. The molecule has 4 aromatic heterocycles. The third-order valence-corrected chi connectivity index (χ3v) is 11.8. The second-order valence-electron chi connectivity index (χ2n) is 12.3. The first-order valence-electron chi connectivity index (χ1n) is 15.9. The number of furan rings is 2. The predicted molar refractivity (Wildman–Crippen MR) is 211 cm³/mol. The quantitative estimate of drug-likeness (QED) is 0.164. The van der Waals surface area contributed by atoms with Crippen molar-refractivity contribution in [3.63, 3.8) is 0 Å². The molecular weight excluding hydrogens is 756 g/mol. The van der Waals surface area contributed by atoms with E-state index in [1.165, 1.54) is 0 Å². The second-order valence-corrected chi connectivity index (χ2v) is 15.2. The van der Waals surface area contributed by atoms with Gasteiger partial charge in [0.2, 0.25) is 0 Å². The maximum absolute atomic E-state index is 6.58. The number of para-hydroxylation sites is 4. The van der Waals surface area contributed by atoms with E-state index in [0.717, 1.165) is 117 Å². The molecule has 0 saturated carbocycles. The van der Waals surface area contributed by atoms with Crippen LogP contribution in [0.25, 0.3) is 108 Å². The van der Waals surface area contributed by atoms with Gasteiger partial charge in [0.15, 0.2) is 0 Å². The molecule has 4 heterocycles. The average molecular weight is 777 g/mol. The smallest absolute Gasteiger partial charge is 0.144 e. The van der Waals surface area contributed by atoms with Crippen molar-refractivity contribution >= 4 is 131 Å². The fourth-order valence-corrected chi connectivity index (χ4v) is 9.38. The zero-order chi connectivity index (χ0) is 32.4. The fourth-order valence-electron chi connectivity index (χ4n) is 7.43. The molecule has 0 unspecified atom stereocenters. The first-order chi connectivity index (χ1) is 24.1. The van der Waals surface area contributed by atoms with Crippen LogP contribution in [0.3, 0.4) is 0 Å². The van der Waals surface area contributed by atoms with Crippen molar-refractivity contribution < 1.29 is 8.83 Å². The van der Waals surface area contributed by atoms with Crippen molar-refractivity contribution in [1.29, 1.82) is 0 Å². The van der Waals surface area contributed by atoms with Gasteiger partial charge in [-0.15, -0.1) is 11.3 Å². The van der Waals surface area contributed by atoms with Gasteiger partial charge in [0.05, 0.1) is 20.8 Å². The highest BCUT2D eigenvalue weighted by molar-refractivity contribution is 9.10. The zero-order valence-corrected chi connectivity index (χ0v) is 29.4. The maximum atomic E-state index is 6.58. The highest BCUT2D eigenvalue weighted by Crippen LogP contribution is 2.49. The Balaban J connectivity index is 1.33. The van der Waals surface area contributed by atoms with Gasteiger partial charge in [-0.1, -0.05) is 105 Å². The summed E-state index contributed by atoms with van der Waals surface area (Å²) in [5.74, 6) is 0. The Kier molecular flexibility index (Phi) is 5.80. The van der Waals surface area contributed by atoms with Gasteiger partial charge in [-0.25, -0.2) is 9.97 Å². The number of hydrogen-bond acceptors (Lipinski definition) is 5.